The number of carbonyl (C=O) groups excluding carboxylic acids is 1. The van der Waals surface area contributed by atoms with Gasteiger partial charge in [-0.25, -0.2) is 0 Å². The topological polar surface area (TPSA) is 69.6 Å². The van der Waals surface area contributed by atoms with E-state index in [1.165, 1.54) is 0 Å². The number of rotatable bonds is 6. The van der Waals surface area contributed by atoms with Gasteiger partial charge in [-0.3, -0.25) is 14.5 Å². The van der Waals surface area contributed by atoms with Gasteiger partial charge in [-0.2, -0.15) is 0 Å². The predicted octanol–water partition coefficient (Wildman–Crippen LogP) is 2.10. The number of benzene rings is 1. The van der Waals surface area contributed by atoms with Crippen molar-refractivity contribution < 1.29 is 14.7 Å². The first-order chi connectivity index (χ1) is 8.88. The zero-order valence-corrected chi connectivity index (χ0v) is 12.5. The fourth-order valence-corrected chi connectivity index (χ4v) is 1.78. The van der Waals surface area contributed by atoms with E-state index in [0.29, 0.717) is 6.54 Å². The van der Waals surface area contributed by atoms with Gasteiger partial charge in [0.05, 0.1) is 13.0 Å². The Bertz CT molecular complexity index is 477. The lowest BCUT2D eigenvalue weighted by Crippen LogP contribution is -2.31. The van der Waals surface area contributed by atoms with Crippen LogP contribution in [0.25, 0.3) is 0 Å². The molecule has 1 aromatic rings. The van der Waals surface area contributed by atoms with Gasteiger partial charge in [-0.05, 0) is 37.7 Å². The number of likely N-dealkylation sites (N-methyl/N-ethyl adjacent to an activating group) is 1. The molecule has 2 N–H and O–H groups in total. The van der Waals surface area contributed by atoms with Crippen LogP contribution in [0.4, 0.5) is 5.69 Å². The SMILES string of the molecule is Cc1cc(NC(=O)CN(C)CCC(=O)O)ccc1Br. The van der Waals surface area contributed by atoms with Gasteiger partial charge in [-0.1, -0.05) is 15.9 Å². The quantitative estimate of drug-likeness (QED) is 0.839. The third-order valence-corrected chi connectivity index (χ3v) is 3.45. The molecule has 0 aromatic heterocycles. The smallest absolute Gasteiger partial charge is 0.304 e. The van der Waals surface area contributed by atoms with Crippen molar-refractivity contribution in [3.05, 3.63) is 28.2 Å². The first kappa shape index (κ1) is 15.7. The number of hydrogen-bond acceptors (Lipinski definition) is 3. The Labute approximate surface area is 120 Å². The normalized spacial score (nSPS) is 10.5. The highest BCUT2D eigenvalue weighted by molar-refractivity contribution is 9.10. The molecule has 0 atom stereocenters. The first-order valence-electron chi connectivity index (χ1n) is 5.85. The molecule has 0 aliphatic carbocycles. The average Bonchev–Trinajstić information content (AvgIpc) is 2.31. The van der Waals surface area contributed by atoms with Crippen molar-refractivity contribution in [1.29, 1.82) is 0 Å². The maximum atomic E-state index is 11.8. The van der Waals surface area contributed by atoms with Gasteiger partial charge in [-0.15, -0.1) is 0 Å². The van der Waals surface area contributed by atoms with Crippen molar-refractivity contribution in [1.82, 2.24) is 4.90 Å². The second-order valence-electron chi connectivity index (χ2n) is 4.39. The largest absolute Gasteiger partial charge is 0.481 e. The molecule has 0 saturated carbocycles. The minimum absolute atomic E-state index is 0.0289. The highest BCUT2D eigenvalue weighted by atomic mass is 79.9. The molecule has 0 heterocycles. The summed E-state index contributed by atoms with van der Waals surface area (Å²) in [5.41, 5.74) is 1.77. The molecule has 19 heavy (non-hydrogen) atoms. The molecule has 0 aliphatic rings. The van der Waals surface area contributed by atoms with Gasteiger partial charge >= 0.3 is 5.97 Å². The number of carboxylic acid groups (broad SMARTS) is 1. The molecule has 0 spiro atoms. The van der Waals surface area contributed by atoms with Crippen molar-refractivity contribution in [2.24, 2.45) is 0 Å². The fourth-order valence-electron chi connectivity index (χ4n) is 1.53. The van der Waals surface area contributed by atoms with Crippen molar-refractivity contribution in [3.63, 3.8) is 0 Å². The summed E-state index contributed by atoms with van der Waals surface area (Å²) in [6.07, 6.45) is 0.0289. The minimum Gasteiger partial charge on any atom is -0.481 e. The lowest BCUT2D eigenvalue weighted by atomic mass is 10.2. The number of hydrogen-bond donors (Lipinski definition) is 2. The summed E-state index contributed by atoms with van der Waals surface area (Å²) in [7, 11) is 1.72. The highest BCUT2D eigenvalue weighted by Gasteiger charge is 2.08. The number of amides is 1. The molecule has 1 amide bonds. The molecule has 0 bridgehead atoms. The fraction of sp³-hybridized carbons (Fsp3) is 0.385. The van der Waals surface area contributed by atoms with Crippen LogP contribution in [0.15, 0.2) is 22.7 Å². The van der Waals surface area contributed by atoms with Crippen LogP contribution in [0.5, 0.6) is 0 Å². The van der Waals surface area contributed by atoms with Gasteiger partial charge < -0.3 is 10.4 Å². The van der Waals surface area contributed by atoms with Crippen LogP contribution in [0.2, 0.25) is 0 Å². The van der Waals surface area contributed by atoms with Crippen LogP contribution in [-0.2, 0) is 9.59 Å². The zero-order chi connectivity index (χ0) is 14.4. The second kappa shape index (κ2) is 7.25. The van der Waals surface area contributed by atoms with Crippen LogP contribution in [0.1, 0.15) is 12.0 Å². The van der Waals surface area contributed by atoms with Gasteiger partial charge in [0.15, 0.2) is 0 Å². The van der Waals surface area contributed by atoms with Crippen molar-refractivity contribution in [2.45, 2.75) is 13.3 Å². The van der Waals surface area contributed by atoms with E-state index in [0.717, 1.165) is 15.7 Å². The molecule has 5 nitrogen and oxygen atoms in total. The zero-order valence-electron chi connectivity index (χ0n) is 10.9. The monoisotopic (exact) mass is 328 g/mol. The Kier molecular flexibility index (Phi) is 5.98. The number of anilines is 1. The number of aliphatic carboxylic acids is 1. The number of halogens is 1. The second-order valence-corrected chi connectivity index (χ2v) is 5.25. The molecule has 0 aliphatic heterocycles. The third kappa shape index (κ3) is 5.85. The summed E-state index contributed by atoms with van der Waals surface area (Å²) < 4.78 is 0.990. The third-order valence-electron chi connectivity index (χ3n) is 2.56. The van der Waals surface area contributed by atoms with Crippen LogP contribution in [-0.4, -0.2) is 42.0 Å². The standard InChI is InChI=1S/C13H17BrN2O3/c1-9-7-10(3-4-11(9)14)15-12(17)8-16(2)6-5-13(18)19/h3-4,7H,5-6,8H2,1-2H3,(H,15,17)(H,18,19). The van der Waals surface area contributed by atoms with E-state index in [2.05, 4.69) is 21.2 Å². The molecule has 104 valence electrons. The van der Waals surface area contributed by atoms with E-state index in [1.54, 1.807) is 11.9 Å². The molecule has 0 fully saturated rings. The number of nitrogens with one attached hydrogen (secondary N) is 1. The average molecular weight is 329 g/mol. The summed E-state index contributed by atoms with van der Waals surface area (Å²) in [6, 6.07) is 5.56. The van der Waals surface area contributed by atoms with Crippen LogP contribution in [0, 0.1) is 6.92 Å². The van der Waals surface area contributed by atoms with E-state index in [-0.39, 0.29) is 18.9 Å². The molecule has 1 aromatic carbocycles. The Morgan fingerprint density at radius 2 is 2.11 bits per heavy atom. The van der Waals surface area contributed by atoms with Crippen molar-refractivity contribution in [2.75, 3.05) is 25.5 Å². The van der Waals surface area contributed by atoms with E-state index < -0.39 is 5.97 Å². The highest BCUT2D eigenvalue weighted by Crippen LogP contribution is 2.19. The van der Waals surface area contributed by atoms with E-state index in [9.17, 15) is 9.59 Å². The Morgan fingerprint density at radius 3 is 2.68 bits per heavy atom. The summed E-state index contributed by atoms with van der Waals surface area (Å²) in [4.78, 5) is 23.8. The summed E-state index contributed by atoms with van der Waals surface area (Å²) in [5.74, 6) is -1.02. The molecule has 0 unspecified atom stereocenters. The molecule has 0 saturated heterocycles. The summed E-state index contributed by atoms with van der Waals surface area (Å²) >= 11 is 3.39. The number of carboxylic acids is 1. The summed E-state index contributed by atoms with van der Waals surface area (Å²) in [6.45, 7) is 2.46. The van der Waals surface area contributed by atoms with Gasteiger partial charge in [0, 0.05) is 16.7 Å². The van der Waals surface area contributed by atoms with E-state index >= 15 is 0 Å². The molecular formula is C13H17BrN2O3. The molecular weight excluding hydrogens is 312 g/mol. The molecule has 6 heteroatoms. The minimum atomic E-state index is -0.865. The lowest BCUT2D eigenvalue weighted by molar-refractivity contribution is -0.137. The van der Waals surface area contributed by atoms with Crippen molar-refractivity contribution in [3.8, 4) is 0 Å². The Balaban J connectivity index is 2.46. The first-order valence-corrected chi connectivity index (χ1v) is 6.64. The maximum absolute atomic E-state index is 11.8. The number of nitrogens with zero attached hydrogens (tertiary/aromatic N) is 1. The van der Waals surface area contributed by atoms with Crippen molar-refractivity contribution >= 4 is 33.5 Å². The maximum Gasteiger partial charge on any atom is 0.304 e. The van der Waals surface area contributed by atoms with Crippen LogP contribution < -0.4 is 5.32 Å². The van der Waals surface area contributed by atoms with Crippen LogP contribution >= 0.6 is 15.9 Å². The summed E-state index contributed by atoms with van der Waals surface area (Å²) in [5, 5.41) is 11.3. The lowest BCUT2D eigenvalue weighted by Gasteiger charge is -2.15. The van der Waals surface area contributed by atoms with E-state index in [4.69, 9.17) is 5.11 Å². The van der Waals surface area contributed by atoms with Crippen LogP contribution in [0.3, 0.4) is 0 Å². The molecule has 0 radical (unpaired) electrons. The molecule has 1 rings (SSSR count). The van der Waals surface area contributed by atoms with Gasteiger partial charge in [0.2, 0.25) is 5.91 Å². The van der Waals surface area contributed by atoms with Gasteiger partial charge in [0.1, 0.15) is 0 Å². The Morgan fingerprint density at radius 1 is 1.42 bits per heavy atom. The number of aryl methyl sites for hydroxylation is 1. The van der Waals surface area contributed by atoms with Gasteiger partial charge in [0.25, 0.3) is 0 Å². The predicted molar refractivity (Wildman–Crippen MR) is 77.3 cm³/mol. The van der Waals surface area contributed by atoms with E-state index in [1.807, 2.05) is 25.1 Å². The Hall–Kier alpha value is -1.40. The number of carbonyl (C=O) groups is 2.